The van der Waals surface area contributed by atoms with E-state index in [0.717, 1.165) is 83.5 Å². The fraction of sp³-hybridized carbons (Fsp3) is 0. The van der Waals surface area contributed by atoms with Gasteiger partial charge in [-0.15, -0.1) is 34.8 Å². The van der Waals surface area contributed by atoms with Gasteiger partial charge in [-0.3, -0.25) is 4.57 Å². The van der Waals surface area contributed by atoms with E-state index in [-0.39, 0.29) is 21.1 Å². The Bertz CT molecular complexity index is 3880. The van der Waals surface area contributed by atoms with E-state index in [9.17, 15) is 0 Å². The van der Waals surface area contributed by atoms with Gasteiger partial charge in [-0.1, -0.05) is 192 Å². The molecular weight excluding hydrogens is 1020 g/mol. The zero-order valence-electron chi connectivity index (χ0n) is 35.8. The number of ether oxygens (including phenoxy) is 1. The largest absolute Gasteiger partial charge is 0.510 e. The summed E-state index contributed by atoms with van der Waals surface area (Å²) in [5.41, 5.74) is 12.3. The quantitative estimate of drug-likeness (QED) is 0.100. The van der Waals surface area contributed by atoms with Crippen LogP contribution in [0.3, 0.4) is 0 Å². The maximum Gasteiger partial charge on any atom is 0.268 e. The van der Waals surface area contributed by atoms with Crippen LogP contribution in [0.4, 0.5) is 0 Å². The van der Waals surface area contributed by atoms with Gasteiger partial charge in [0.1, 0.15) is 13.9 Å². The molecule has 9 aromatic carbocycles. The first-order valence-corrected chi connectivity index (χ1v) is 24.3. The van der Waals surface area contributed by atoms with Crippen molar-refractivity contribution in [3.05, 3.63) is 237 Å². The summed E-state index contributed by atoms with van der Waals surface area (Å²) >= 11 is 0. The van der Waals surface area contributed by atoms with E-state index in [4.69, 9.17) is 9.72 Å². The van der Waals surface area contributed by atoms with Gasteiger partial charge in [0.2, 0.25) is 0 Å². The van der Waals surface area contributed by atoms with Crippen LogP contribution in [0.1, 0.15) is 0 Å². The van der Waals surface area contributed by atoms with Crippen LogP contribution in [0.5, 0.6) is 11.5 Å². The van der Waals surface area contributed by atoms with E-state index >= 15 is 0 Å². The molecule has 5 heterocycles. The monoisotopic (exact) mass is 1050 g/mol. The van der Waals surface area contributed by atoms with E-state index in [2.05, 4.69) is 244 Å². The standard InChI is InChI=1S/C60H36N4OSi.Pt/c1-4-17-40(18-5-1)45-26-14-27-50-46-23-10-11-24-47(46)51-28-15-32-58(61-51)64-52-29-13-12-25-48(52)49-35-33-41(37-54(49)64)65-42-34-36-56-55(38-42)63-39-62(59(45)50)53-30-16-31-57(60(53)63)66(56,43-19-6-2-7-20-43)44-21-8-3-9-22-44;/h1-36H;/q-2;. The zero-order valence-corrected chi connectivity index (χ0v) is 39.1. The van der Waals surface area contributed by atoms with Crippen LogP contribution in [0.25, 0.3) is 83.5 Å². The third-order valence-corrected chi connectivity index (χ3v) is 18.4. The van der Waals surface area contributed by atoms with Crippen molar-refractivity contribution in [3.8, 4) is 62.2 Å². The summed E-state index contributed by atoms with van der Waals surface area (Å²) < 4.78 is 13.7. The molecule has 0 saturated carbocycles. The molecule has 12 aromatic rings. The summed E-state index contributed by atoms with van der Waals surface area (Å²) in [5.74, 6) is 1.99. The van der Waals surface area contributed by atoms with Crippen molar-refractivity contribution in [2.24, 2.45) is 0 Å². The minimum atomic E-state index is -3.03. The van der Waals surface area contributed by atoms with Crippen LogP contribution in [0.2, 0.25) is 0 Å². The van der Waals surface area contributed by atoms with Gasteiger partial charge in [-0.05, 0) is 56.7 Å². The second kappa shape index (κ2) is 15.3. The molecule has 2 aliphatic heterocycles. The molecule has 14 rings (SSSR count). The van der Waals surface area contributed by atoms with Crippen LogP contribution in [0, 0.1) is 18.5 Å². The molecule has 5 nitrogen and oxygen atoms in total. The molecule has 0 spiro atoms. The second-order valence-electron chi connectivity index (χ2n) is 17.0. The Morgan fingerprint density at radius 1 is 0.493 bits per heavy atom. The van der Waals surface area contributed by atoms with Gasteiger partial charge < -0.3 is 13.9 Å². The van der Waals surface area contributed by atoms with Gasteiger partial charge in [0.25, 0.3) is 6.33 Å². The number of pyridine rings is 1. The number of imidazole rings is 1. The summed E-state index contributed by atoms with van der Waals surface area (Å²) in [6, 6.07) is 86.0. The third kappa shape index (κ3) is 5.77. The number of benzene rings is 9. The van der Waals surface area contributed by atoms with Crippen molar-refractivity contribution in [1.82, 2.24) is 14.1 Å². The Morgan fingerprint density at radius 2 is 1.13 bits per heavy atom. The smallest absolute Gasteiger partial charge is 0.268 e. The predicted molar refractivity (Wildman–Crippen MR) is 267 cm³/mol. The second-order valence-corrected chi connectivity index (χ2v) is 20.8. The molecule has 0 unspecified atom stereocenters. The summed E-state index contributed by atoms with van der Waals surface area (Å²) in [5, 5.41) is 7.29. The maximum absolute atomic E-state index is 6.91. The number of hydrogen-bond donors (Lipinski definition) is 0. The van der Waals surface area contributed by atoms with E-state index in [1.165, 1.54) is 20.7 Å². The summed E-state index contributed by atoms with van der Waals surface area (Å²) in [7, 11) is -3.03. The zero-order chi connectivity index (χ0) is 43.3. The molecular formula is C60H36N4OPtSi-2. The first-order chi connectivity index (χ1) is 32.7. The molecule has 0 N–H and O–H groups in total. The number of nitrogens with zero attached hydrogens (tertiary/aromatic N) is 4. The third-order valence-electron chi connectivity index (χ3n) is 13.6. The van der Waals surface area contributed by atoms with Crippen molar-refractivity contribution in [2.75, 3.05) is 0 Å². The maximum atomic E-state index is 6.91. The van der Waals surface area contributed by atoms with Crippen molar-refractivity contribution >= 4 is 61.7 Å². The predicted octanol–water partition coefficient (Wildman–Crippen LogP) is 10.6. The fourth-order valence-electron chi connectivity index (χ4n) is 10.9. The minimum absolute atomic E-state index is 0. The van der Waals surface area contributed by atoms with E-state index in [1.807, 2.05) is 6.07 Å². The average Bonchev–Trinajstić information content (AvgIpc) is 3.94. The molecule has 67 heavy (non-hydrogen) atoms. The van der Waals surface area contributed by atoms with Crippen molar-refractivity contribution in [2.45, 2.75) is 0 Å². The number of rotatable bonds is 3. The Hall–Kier alpha value is -7.89. The molecule has 0 fully saturated rings. The van der Waals surface area contributed by atoms with E-state index in [1.54, 1.807) is 0 Å². The van der Waals surface area contributed by atoms with Crippen molar-refractivity contribution in [1.29, 1.82) is 0 Å². The van der Waals surface area contributed by atoms with Crippen LogP contribution < -0.4 is 30.1 Å². The molecule has 8 bridgehead atoms. The van der Waals surface area contributed by atoms with Gasteiger partial charge in [0.15, 0.2) is 0 Å². The minimum Gasteiger partial charge on any atom is -0.510 e. The van der Waals surface area contributed by atoms with Gasteiger partial charge in [-0.25, -0.2) is 4.98 Å². The summed E-state index contributed by atoms with van der Waals surface area (Å²) in [6.45, 7) is 0. The molecule has 2 aliphatic rings. The summed E-state index contributed by atoms with van der Waals surface area (Å²) in [6.07, 6.45) is 4.00. The molecule has 0 amide bonds. The number of hydrogen-bond acceptors (Lipinski definition) is 2. The van der Waals surface area contributed by atoms with E-state index < -0.39 is 8.07 Å². The van der Waals surface area contributed by atoms with E-state index in [0.29, 0.717) is 11.5 Å². The van der Waals surface area contributed by atoms with Gasteiger partial charge in [0.05, 0.1) is 22.4 Å². The molecule has 7 heteroatoms. The molecule has 0 aliphatic carbocycles. The number of aromatic nitrogens is 4. The summed E-state index contributed by atoms with van der Waals surface area (Å²) in [4.78, 5) is 5.49. The van der Waals surface area contributed by atoms with Gasteiger partial charge in [-0.2, -0.15) is 12.1 Å². The average molecular weight is 1050 g/mol. The van der Waals surface area contributed by atoms with Gasteiger partial charge in [0, 0.05) is 43.6 Å². The Morgan fingerprint density at radius 3 is 1.94 bits per heavy atom. The molecule has 0 radical (unpaired) electrons. The SMILES string of the molecule is [Pt].[c-]1c2ccc3c1-n1[c-][n+](c4cccc(c41)[Si]3(c1ccccc1)c1ccccc1)-c1c(-c3ccccc3)cccc1-c1ccccc1-c1cccc(n1)-n1c3[c-]c(ccc3c3ccccc31)O2. The van der Waals surface area contributed by atoms with Crippen molar-refractivity contribution in [3.63, 3.8) is 0 Å². The topological polar surface area (TPSA) is 35.9 Å². The first-order valence-electron chi connectivity index (χ1n) is 22.3. The molecule has 318 valence electrons. The normalized spacial score (nSPS) is 12.9. The molecule has 3 aromatic heterocycles. The Balaban J connectivity index is 0.00000446. The Kier molecular flexibility index (Phi) is 9.04. The first kappa shape index (κ1) is 39.5. The molecule has 0 atom stereocenters. The fourth-order valence-corrected chi connectivity index (χ4v) is 15.9. The number of para-hydroxylation sites is 3. The van der Waals surface area contributed by atoms with Crippen LogP contribution in [-0.4, -0.2) is 22.2 Å². The molecule has 0 saturated heterocycles. The van der Waals surface area contributed by atoms with Gasteiger partial charge >= 0.3 is 0 Å². The van der Waals surface area contributed by atoms with Crippen LogP contribution in [0.15, 0.2) is 218 Å². The number of fused-ring (bicyclic) bond motifs is 15. The van der Waals surface area contributed by atoms with Crippen LogP contribution in [-0.2, 0) is 21.1 Å². The Labute approximate surface area is 402 Å². The van der Waals surface area contributed by atoms with Crippen LogP contribution >= 0.6 is 0 Å². The van der Waals surface area contributed by atoms with Crippen molar-refractivity contribution < 1.29 is 30.4 Å².